The minimum Gasteiger partial charge on any atom is -0.462 e. The number of furan rings is 1. The van der Waals surface area contributed by atoms with E-state index in [0.717, 1.165) is 16.5 Å². The van der Waals surface area contributed by atoms with Crippen molar-refractivity contribution in [2.24, 2.45) is 0 Å². The van der Waals surface area contributed by atoms with Crippen molar-refractivity contribution in [2.75, 3.05) is 11.9 Å². The highest BCUT2D eigenvalue weighted by Crippen LogP contribution is 2.32. The first-order chi connectivity index (χ1) is 13.4. The molecule has 0 spiro atoms. The van der Waals surface area contributed by atoms with Crippen LogP contribution in [0.5, 0.6) is 0 Å². The molecule has 1 aliphatic carbocycles. The van der Waals surface area contributed by atoms with E-state index >= 15 is 0 Å². The largest absolute Gasteiger partial charge is 0.462 e. The van der Waals surface area contributed by atoms with Gasteiger partial charge in [-0.2, -0.15) is 0 Å². The zero-order valence-electron chi connectivity index (χ0n) is 16.1. The maximum absolute atomic E-state index is 13.0. The van der Waals surface area contributed by atoms with Crippen molar-refractivity contribution in [3.63, 3.8) is 0 Å². The number of halogens is 1. The summed E-state index contributed by atoms with van der Waals surface area (Å²) in [5, 5.41) is 2.81. The van der Waals surface area contributed by atoms with Crippen LogP contribution in [0.1, 0.15) is 74.8 Å². The SMILES string of the molecule is CCOC(=O)c1cc(Br)cc(CC)c1NC(=O)c1oc2c(c1C)C(=O)CCC2. The Hall–Kier alpha value is -2.41. The van der Waals surface area contributed by atoms with Gasteiger partial charge in [-0.05, 0) is 44.4 Å². The molecule has 1 aliphatic rings. The lowest BCUT2D eigenvalue weighted by Crippen LogP contribution is -2.18. The Morgan fingerprint density at radius 1 is 1.25 bits per heavy atom. The number of nitrogens with one attached hydrogen (secondary N) is 1. The number of benzene rings is 1. The van der Waals surface area contributed by atoms with Crippen molar-refractivity contribution in [1.29, 1.82) is 0 Å². The van der Waals surface area contributed by atoms with Gasteiger partial charge in [0.1, 0.15) is 5.76 Å². The fraction of sp³-hybridized carbons (Fsp3) is 0.381. The third-order valence-electron chi connectivity index (χ3n) is 4.81. The van der Waals surface area contributed by atoms with E-state index in [2.05, 4.69) is 21.2 Å². The van der Waals surface area contributed by atoms with E-state index < -0.39 is 11.9 Å². The Kier molecular flexibility index (Phi) is 6.03. The molecule has 0 bridgehead atoms. The number of carbonyl (C=O) groups excluding carboxylic acids is 3. The highest BCUT2D eigenvalue weighted by atomic mass is 79.9. The molecule has 0 aliphatic heterocycles. The van der Waals surface area contributed by atoms with Gasteiger partial charge in [-0.1, -0.05) is 22.9 Å². The molecule has 6 nitrogen and oxygen atoms in total. The number of ether oxygens (including phenoxy) is 1. The van der Waals surface area contributed by atoms with Crippen molar-refractivity contribution in [1.82, 2.24) is 0 Å². The van der Waals surface area contributed by atoms with Crippen LogP contribution < -0.4 is 5.32 Å². The monoisotopic (exact) mass is 447 g/mol. The fourth-order valence-electron chi connectivity index (χ4n) is 3.50. The van der Waals surface area contributed by atoms with E-state index in [1.165, 1.54) is 0 Å². The van der Waals surface area contributed by atoms with Crippen LogP contribution in [-0.4, -0.2) is 24.3 Å². The maximum atomic E-state index is 13.0. The van der Waals surface area contributed by atoms with Crippen LogP contribution >= 0.6 is 15.9 Å². The second-order valence-corrected chi connectivity index (χ2v) is 7.56. The lowest BCUT2D eigenvalue weighted by atomic mass is 9.94. The molecule has 1 aromatic carbocycles. The number of carbonyl (C=O) groups is 3. The summed E-state index contributed by atoms with van der Waals surface area (Å²) in [6.45, 7) is 5.60. The molecule has 0 atom stereocenters. The molecule has 1 aromatic heterocycles. The second-order valence-electron chi connectivity index (χ2n) is 6.65. The third-order valence-corrected chi connectivity index (χ3v) is 5.27. The van der Waals surface area contributed by atoms with Gasteiger partial charge in [0, 0.05) is 22.9 Å². The predicted octanol–water partition coefficient (Wildman–Crippen LogP) is 4.86. The van der Waals surface area contributed by atoms with Crippen LogP contribution in [-0.2, 0) is 17.6 Å². The predicted molar refractivity (Wildman–Crippen MR) is 108 cm³/mol. The van der Waals surface area contributed by atoms with E-state index in [-0.39, 0.29) is 23.7 Å². The smallest absolute Gasteiger partial charge is 0.340 e. The Bertz CT molecular complexity index is 960. The van der Waals surface area contributed by atoms with E-state index in [1.807, 2.05) is 13.0 Å². The topological polar surface area (TPSA) is 85.6 Å². The van der Waals surface area contributed by atoms with Crippen molar-refractivity contribution < 1.29 is 23.5 Å². The fourth-order valence-corrected chi connectivity index (χ4v) is 4.00. The summed E-state index contributed by atoms with van der Waals surface area (Å²) >= 11 is 3.40. The summed E-state index contributed by atoms with van der Waals surface area (Å²) in [5.41, 5.74) is 2.52. The molecule has 0 unspecified atom stereocenters. The molecule has 3 rings (SSSR count). The van der Waals surface area contributed by atoms with E-state index in [1.54, 1.807) is 19.9 Å². The number of amides is 1. The first-order valence-corrected chi connectivity index (χ1v) is 10.1. The number of ketones is 1. The van der Waals surface area contributed by atoms with Crippen molar-refractivity contribution in [3.05, 3.63) is 50.4 Å². The number of hydrogen-bond acceptors (Lipinski definition) is 5. The van der Waals surface area contributed by atoms with Crippen LogP contribution in [0.4, 0.5) is 5.69 Å². The Labute approximate surface area is 171 Å². The number of hydrogen-bond donors (Lipinski definition) is 1. The average molecular weight is 448 g/mol. The number of anilines is 1. The lowest BCUT2D eigenvalue weighted by molar-refractivity contribution is 0.0527. The van der Waals surface area contributed by atoms with E-state index in [0.29, 0.717) is 41.8 Å². The molecule has 1 amide bonds. The van der Waals surface area contributed by atoms with Crippen molar-refractivity contribution in [2.45, 2.75) is 46.5 Å². The minimum atomic E-state index is -0.514. The van der Waals surface area contributed by atoms with Gasteiger partial charge in [-0.3, -0.25) is 9.59 Å². The van der Waals surface area contributed by atoms with Gasteiger partial charge in [-0.15, -0.1) is 0 Å². The Morgan fingerprint density at radius 3 is 2.64 bits per heavy atom. The molecule has 7 heteroatoms. The molecule has 0 saturated heterocycles. The van der Waals surface area contributed by atoms with Crippen LogP contribution in [0.2, 0.25) is 0 Å². The van der Waals surface area contributed by atoms with Crippen molar-refractivity contribution >= 4 is 39.3 Å². The number of esters is 1. The maximum Gasteiger partial charge on any atom is 0.340 e. The van der Waals surface area contributed by atoms with Gasteiger partial charge >= 0.3 is 5.97 Å². The number of rotatable bonds is 5. The average Bonchev–Trinajstić information content (AvgIpc) is 3.00. The van der Waals surface area contributed by atoms with Crippen LogP contribution in [0, 0.1) is 6.92 Å². The lowest BCUT2D eigenvalue weighted by Gasteiger charge is -2.15. The Morgan fingerprint density at radius 2 is 2.00 bits per heavy atom. The zero-order valence-corrected chi connectivity index (χ0v) is 17.7. The first-order valence-electron chi connectivity index (χ1n) is 9.33. The quantitative estimate of drug-likeness (QED) is 0.661. The molecule has 148 valence electrons. The molecule has 1 heterocycles. The van der Waals surface area contributed by atoms with Gasteiger partial charge in [0.2, 0.25) is 0 Å². The van der Waals surface area contributed by atoms with Crippen LogP contribution in [0.3, 0.4) is 0 Å². The number of fused-ring (bicyclic) bond motifs is 1. The molecular formula is C21H22BrNO5. The normalized spacial score (nSPS) is 13.2. The standard InChI is InChI=1S/C21H22BrNO5/c1-4-12-9-13(22)10-14(21(26)27-5-2)18(12)23-20(25)19-11(3)17-15(24)7-6-8-16(17)28-19/h9-10H,4-8H2,1-3H3,(H,23,25). The third kappa shape index (κ3) is 3.76. The van der Waals surface area contributed by atoms with Gasteiger partial charge in [0.15, 0.2) is 11.5 Å². The van der Waals surface area contributed by atoms with Crippen LogP contribution in [0.25, 0.3) is 0 Å². The Balaban J connectivity index is 2.01. The highest BCUT2D eigenvalue weighted by Gasteiger charge is 2.29. The van der Waals surface area contributed by atoms with Gasteiger partial charge in [0.05, 0.1) is 23.4 Å². The summed E-state index contributed by atoms with van der Waals surface area (Å²) < 4.78 is 11.6. The van der Waals surface area contributed by atoms with Gasteiger partial charge < -0.3 is 14.5 Å². The van der Waals surface area contributed by atoms with Gasteiger partial charge in [-0.25, -0.2) is 4.79 Å². The highest BCUT2D eigenvalue weighted by molar-refractivity contribution is 9.10. The summed E-state index contributed by atoms with van der Waals surface area (Å²) in [5.74, 6) is -0.315. The number of aryl methyl sites for hydroxylation is 2. The minimum absolute atomic E-state index is 0.00616. The molecule has 1 N–H and O–H groups in total. The summed E-state index contributed by atoms with van der Waals surface area (Å²) in [4.78, 5) is 37.6. The number of Topliss-reactive ketones (excluding diaryl/α,β-unsaturated/α-hetero) is 1. The zero-order chi connectivity index (χ0) is 20.4. The molecule has 2 aromatic rings. The molecule has 28 heavy (non-hydrogen) atoms. The van der Waals surface area contributed by atoms with Crippen molar-refractivity contribution in [3.8, 4) is 0 Å². The van der Waals surface area contributed by atoms with Crippen LogP contribution in [0.15, 0.2) is 21.0 Å². The molecule has 0 fully saturated rings. The summed E-state index contributed by atoms with van der Waals surface area (Å²) in [6.07, 6.45) is 2.43. The molecule has 0 radical (unpaired) electrons. The van der Waals surface area contributed by atoms with Gasteiger partial charge in [0.25, 0.3) is 5.91 Å². The first kappa shape index (κ1) is 20.3. The summed E-state index contributed by atoms with van der Waals surface area (Å²) in [7, 11) is 0. The summed E-state index contributed by atoms with van der Waals surface area (Å²) in [6, 6.07) is 3.47. The van der Waals surface area contributed by atoms with E-state index in [4.69, 9.17) is 9.15 Å². The molecule has 0 saturated carbocycles. The van der Waals surface area contributed by atoms with E-state index in [9.17, 15) is 14.4 Å². The second kappa shape index (κ2) is 8.31. The molecular weight excluding hydrogens is 426 g/mol.